The molecule has 0 aliphatic carbocycles. The van der Waals surface area contributed by atoms with Gasteiger partial charge in [0.1, 0.15) is 5.75 Å². The van der Waals surface area contributed by atoms with Gasteiger partial charge in [0, 0.05) is 18.8 Å². The molecule has 5 heteroatoms. The van der Waals surface area contributed by atoms with E-state index in [1.54, 1.807) is 7.11 Å². The first-order valence-electron chi connectivity index (χ1n) is 11.0. The third-order valence-corrected chi connectivity index (χ3v) is 6.35. The lowest BCUT2D eigenvalue weighted by Crippen LogP contribution is -2.43. The van der Waals surface area contributed by atoms with E-state index in [1.807, 2.05) is 24.3 Å². The predicted octanol–water partition coefficient (Wildman–Crippen LogP) is 6.58. The van der Waals surface area contributed by atoms with Crippen molar-refractivity contribution in [3.8, 4) is 5.75 Å². The van der Waals surface area contributed by atoms with E-state index in [2.05, 4.69) is 49.1 Å². The monoisotopic (exact) mass is 526 g/mol. The molecule has 2 aliphatic heterocycles. The van der Waals surface area contributed by atoms with Crippen LogP contribution in [0.25, 0.3) is 0 Å². The number of ether oxygens (including phenoxy) is 4. The number of allylic oxidation sites excluding steroid dienone is 2. The van der Waals surface area contributed by atoms with Gasteiger partial charge in [0.25, 0.3) is 0 Å². The van der Waals surface area contributed by atoms with E-state index in [1.165, 1.54) is 5.57 Å². The topological polar surface area (TPSA) is 36.9 Å². The molecule has 2 heterocycles. The van der Waals surface area contributed by atoms with Crippen molar-refractivity contribution in [3.05, 3.63) is 51.6 Å². The first-order chi connectivity index (χ1) is 14.4. The fourth-order valence-corrected chi connectivity index (χ4v) is 4.98. The van der Waals surface area contributed by atoms with Crippen LogP contribution in [0.1, 0.15) is 57.9 Å². The molecule has 1 spiro atoms. The molecular formula is C25H35IO4. The van der Waals surface area contributed by atoms with Gasteiger partial charge in [-0.15, -0.1) is 0 Å². The third kappa shape index (κ3) is 6.81. The minimum atomic E-state index is -0.407. The van der Waals surface area contributed by atoms with E-state index in [-0.39, 0.29) is 12.2 Å². The van der Waals surface area contributed by atoms with Crippen LogP contribution in [-0.4, -0.2) is 31.7 Å². The summed E-state index contributed by atoms with van der Waals surface area (Å²) in [6.07, 6.45) is 8.74. The number of methoxy groups -OCH3 is 1. The average Bonchev–Trinajstić information content (AvgIpc) is 3.09. The van der Waals surface area contributed by atoms with Gasteiger partial charge in [0.2, 0.25) is 0 Å². The average molecular weight is 526 g/mol. The minimum absolute atomic E-state index is 0.154. The quantitative estimate of drug-likeness (QED) is 0.269. The first kappa shape index (κ1) is 23.8. The van der Waals surface area contributed by atoms with Crippen molar-refractivity contribution in [1.82, 2.24) is 0 Å². The maximum absolute atomic E-state index is 6.56. The Balaban J connectivity index is 1.47. The molecule has 0 amide bonds. The van der Waals surface area contributed by atoms with Crippen LogP contribution in [0.15, 0.2) is 46.1 Å². The minimum Gasteiger partial charge on any atom is -0.497 e. The number of benzene rings is 1. The summed E-state index contributed by atoms with van der Waals surface area (Å²) in [5.74, 6) is 0.797. The van der Waals surface area contributed by atoms with Crippen LogP contribution in [0.2, 0.25) is 0 Å². The van der Waals surface area contributed by atoms with Gasteiger partial charge >= 0.3 is 0 Å². The van der Waals surface area contributed by atoms with Crippen LogP contribution in [0.3, 0.4) is 0 Å². The van der Waals surface area contributed by atoms with Crippen LogP contribution >= 0.6 is 22.6 Å². The molecule has 3 rings (SSSR count). The zero-order valence-electron chi connectivity index (χ0n) is 18.5. The van der Waals surface area contributed by atoms with Crippen molar-refractivity contribution in [1.29, 1.82) is 0 Å². The smallest absolute Gasteiger partial charge is 0.169 e. The summed E-state index contributed by atoms with van der Waals surface area (Å²) in [7, 11) is 1.68. The lowest BCUT2D eigenvalue weighted by atomic mass is 9.92. The Morgan fingerprint density at radius 3 is 2.73 bits per heavy atom. The van der Waals surface area contributed by atoms with E-state index in [9.17, 15) is 0 Å². The molecule has 2 saturated heterocycles. The van der Waals surface area contributed by atoms with Crippen LogP contribution < -0.4 is 4.74 Å². The van der Waals surface area contributed by atoms with E-state index >= 15 is 0 Å². The van der Waals surface area contributed by atoms with Gasteiger partial charge in [0.15, 0.2) is 5.79 Å². The summed E-state index contributed by atoms with van der Waals surface area (Å²) in [6.45, 7) is 9.67. The van der Waals surface area contributed by atoms with E-state index in [0.717, 1.165) is 53.4 Å². The highest BCUT2D eigenvalue weighted by Gasteiger charge is 2.45. The molecular weight excluding hydrogens is 491 g/mol. The standard InChI is InChI=1S/C25H35IO4/c1-18(14-20(3)26)15-23-11-13-25(29-23)12-5-6-24(30-25)19(2)16-28-17-21-7-9-22(27-4)10-8-21/h7-10,15,19,23-24H,3,5-6,11-14,16-17H2,1-2,4H3/b18-15+/t19-,23+,24?,25-/m1/s1. The second kappa shape index (κ2) is 11.1. The molecule has 1 aromatic carbocycles. The summed E-state index contributed by atoms with van der Waals surface area (Å²) >= 11 is 2.29. The highest BCUT2D eigenvalue weighted by atomic mass is 127. The molecule has 166 valence electrons. The summed E-state index contributed by atoms with van der Waals surface area (Å²) in [5.41, 5.74) is 2.48. The highest BCUT2D eigenvalue weighted by molar-refractivity contribution is 14.1. The molecule has 0 aromatic heterocycles. The molecule has 2 fully saturated rings. The van der Waals surface area contributed by atoms with Crippen molar-refractivity contribution >= 4 is 22.6 Å². The van der Waals surface area contributed by atoms with Crippen molar-refractivity contribution in [2.45, 2.75) is 77.0 Å². The van der Waals surface area contributed by atoms with E-state index in [0.29, 0.717) is 19.1 Å². The van der Waals surface area contributed by atoms with Crippen molar-refractivity contribution < 1.29 is 18.9 Å². The lowest BCUT2D eigenvalue weighted by Gasteiger charge is -2.40. The molecule has 0 radical (unpaired) electrons. The number of rotatable bonds is 9. The summed E-state index contributed by atoms with van der Waals surface area (Å²) < 4.78 is 25.3. The van der Waals surface area contributed by atoms with Crippen molar-refractivity contribution in [2.75, 3.05) is 13.7 Å². The SMILES string of the molecule is C=C(I)C/C(C)=C/[C@@H]1CC[C@]2(CCCC([C@H](C)COCc3ccc(OC)cc3)O2)O1. The Hall–Kier alpha value is -0.890. The highest BCUT2D eigenvalue weighted by Crippen LogP contribution is 2.42. The molecule has 0 N–H and O–H groups in total. The Morgan fingerprint density at radius 1 is 1.27 bits per heavy atom. The lowest BCUT2D eigenvalue weighted by molar-refractivity contribution is -0.275. The van der Waals surface area contributed by atoms with Crippen LogP contribution in [-0.2, 0) is 20.8 Å². The fraction of sp³-hybridized carbons (Fsp3) is 0.600. The van der Waals surface area contributed by atoms with Gasteiger partial charge in [-0.05, 0) is 76.5 Å². The molecule has 0 bridgehead atoms. The van der Waals surface area contributed by atoms with Crippen LogP contribution in [0, 0.1) is 5.92 Å². The largest absolute Gasteiger partial charge is 0.497 e. The predicted molar refractivity (Wildman–Crippen MR) is 129 cm³/mol. The Morgan fingerprint density at radius 2 is 2.03 bits per heavy atom. The fourth-order valence-electron chi connectivity index (χ4n) is 4.38. The summed E-state index contributed by atoms with van der Waals surface area (Å²) in [6, 6.07) is 8.03. The van der Waals surface area contributed by atoms with Gasteiger partial charge in [-0.3, -0.25) is 0 Å². The zero-order chi connectivity index (χ0) is 21.6. The molecule has 4 atom stereocenters. The van der Waals surface area contributed by atoms with Crippen LogP contribution in [0.4, 0.5) is 0 Å². The summed E-state index contributed by atoms with van der Waals surface area (Å²) in [5, 5.41) is 0. The van der Waals surface area contributed by atoms with Gasteiger partial charge in [-0.1, -0.05) is 37.3 Å². The Labute approximate surface area is 195 Å². The molecule has 0 saturated carbocycles. The number of hydrogen-bond donors (Lipinski definition) is 0. The van der Waals surface area contributed by atoms with Gasteiger partial charge in [0.05, 0.1) is 32.5 Å². The molecule has 30 heavy (non-hydrogen) atoms. The molecule has 1 unspecified atom stereocenters. The van der Waals surface area contributed by atoms with E-state index in [4.69, 9.17) is 18.9 Å². The normalized spacial score (nSPS) is 27.9. The zero-order valence-corrected chi connectivity index (χ0v) is 20.7. The molecule has 4 nitrogen and oxygen atoms in total. The molecule has 2 aliphatic rings. The van der Waals surface area contributed by atoms with Gasteiger partial charge in [-0.2, -0.15) is 0 Å². The van der Waals surface area contributed by atoms with Gasteiger partial charge < -0.3 is 18.9 Å². The van der Waals surface area contributed by atoms with E-state index < -0.39 is 5.79 Å². The second-order valence-corrected chi connectivity index (χ2v) is 10.2. The Kier molecular flexibility index (Phi) is 8.81. The van der Waals surface area contributed by atoms with Crippen molar-refractivity contribution in [2.24, 2.45) is 5.92 Å². The Bertz CT molecular complexity index is 729. The van der Waals surface area contributed by atoms with Gasteiger partial charge in [-0.25, -0.2) is 0 Å². The third-order valence-electron chi connectivity index (χ3n) is 5.97. The molecule has 1 aromatic rings. The number of hydrogen-bond acceptors (Lipinski definition) is 4. The van der Waals surface area contributed by atoms with Crippen LogP contribution in [0.5, 0.6) is 5.75 Å². The number of halogens is 1. The van der Waals surface area contributed by atoms with Crippen molar-refractivity contribution in [3.63, 3.8) is 0 Å². The second-order valence-electron chi connectivity index (χ2n) is 8.70. The maximum Gasteiger partial charge on any atom is 0.169 e. The maximum atomic E-state index is 6.56. The first-order valence-corrected chi connectivity index (χ1v) is 12.0. The summed E-state index contributed by atoms with van der Waals surface area (Å²) in [4.78, 5) is 0.